The van der Waals surface area contributed by atoms with Crippen molar-refractivity contribution < 1.29 is 40.3 Å². The minimum atomic E-state index is -5.98. The number of carbonyl (C=O) groups is 1. The number of allylic oxidation sites excluding steroid dienone is 5. The number of ketones is 1. The lowest BCUT2D eigenvalue weighted by atomic mass is 9.90. The molecule has 1 aliphatic carbocycles. The van der Waals surface area contributed by atoms with E-state index in [1.165, 1.54) is 6.08 Å². The maximum Gasteiger partial charge on any atom is 0.501 e. The fourth-order valence-electron chi connectivity index (χ4n) is 3.21. The second kappa shape index (κ2) is 9.55. The molecular weight excluding hydrogens is 431 g/mol. The molecule has 0 spiro atoms. The van der Waals surface area contributed by atoms with Crippen LogP contribution in [0.3, 0.4) is 0 Å². The van der Waals surface area contributed by atoms with E-state index in [4.69, 9.17) is 0 Å². The van der Waals surface area contributed by atoms with Gasteiger partial charge in [-0.1, -0.05) is 39.0 Å². The molecule has 0 amide bonds. The number of carbonyl (C=O) groups excluding carboxylic acids is 1. The molecule has 0 aromatic rings. The molecule has 0 unspecified atom stereocenters. The van der Waals surface area contributed by atoms with Crippen molar-refractivity contribution in [2.24, 2.45) is 0 Å². The highest BCUT2D eigenvalue weighted by molar-refractivity contribution is 7.96. The van der Waals surface area contributed by atoms with Crippen LogP contribution in [-0.4, -0.2) is 36.8 Å². The maximum atomic E-state index is 14.3. The number of halogens is 5. The van der Waals surface area contributed by atoms with Gasteiger partial charge in [0.15, 0.2) is 5.78 Å². The minimum absolute atomic E-state index is 0.0319. The second-order valence-corrected chi connectivity index (χ2v) is 8.99. The number of sulfone groups is 1. The maximum absolute atomic E-state index is 14.3. The first-order valence-electron chi connectivity index (χ1n) is 9.34. The molecule has 1 saturated carbocycles. The topological polar surface area (TPSA) is 71.4 Å². The third-order valence-electron chi connectivity index (χ3n) is 4.78. The van der Waals surface area contributed by atoms with Crippen LogP contribution < -0.4 is 0 Å². The Morgan fingerprint density at radius 3 is 2.30 bits per heavy atom. The summed E-state index contributed by atoms with van der Waals surface area (Å²) in [6, 6.07) is 0. The van der Waals surface area contributed by atoms with Gasteiger partial charge >= 0.3 is 5.51 Å². The van der Waals surface area contributed by atoms with Crippen molar-refractivity contribution in [3.8, 4) is 0 Å². The van der Waals surface area contributed by atoms with Crippen molar-refractivity contribution in [1.29, 1.82) is 0 Å². The third kappa shape index (κ3) is 5.08. The van der Waals surface area contributed by atoms with Gasteiger partial charge in [-0.3, -0.25) is 4.79 Å². The van der Waals surface area contributed by atoms with Gasteiger partial charge in [0.05, 0.1) is 4.91 Å². The van der Waals surface area contributed by atoms with Crippen molar-refractivity contribution in [2.45, 2.75) is 70.4 Å². The summed E-state index contributed by atoms with van der Waals surface area (Å²) < 4.78 is 91.4. The summed E-state index contributed by atoms with van der Waals surface area (Å²) in [5, 5.41) is 10.0. The highest BCUT2D eigenvalue weighted by Gasteiger charge is 2.55. The van der Waals surface area contributed by atoms with Crippen LogP contribution in [0.4, 0.5) is 22.0 Å². The largest absolute Gasteiger partial charge is 0.501 e. The second-order valence-electron chi connectivity index (χ2n) is 6.91. The van der Waals surface area contributed by atoms with Gasteiger partial charge in [0.25, 0.3) is 15.8 Å². The Bertz CT molecular complexity index is 893. The Balaban J connectivity index is 3.91. The number of hydrogen-bond acceptors (Lipinski definition) is 4. The lowest BCUT2D eigenvalue weighted by Crippen LogP contribution is -2.30. The third-order valence-corrected chi connectivity index (χ3v) is 6.42. The molecule has 0 aromatic heterocycles. The van der Waals surface area contributed by atoms with Crippen LogP contribution in [0.1, 0.15) is 52.9 Å². The van der Waals surface area contributed by atoms with E-state index in [2.05, 4.69) is 6.58 Å². The molecule has 1 aliphatic rings. The molecule has 0 bridgehead atoms. The van der Waals surface area contributed by atoms with Gasteiger partial charge in [-0.05, 0) is 30.9 Å². The van der Waals surface area contributed by atoms with E-state index in [1.54, 1.807) is 6.92 Å². The van der Waals surface area contributed by atoms with Crippen molar-refractivity contribution in [3.63, 3.8) is 0 Å². The lowest BCUT2D eigenvalue weighted by molar-refractivity contribution is -0.115. The fraction of sp³-hybridized carbons (Fsp3) is 0.550. The Morgan fingerprint density at radius 1 is 1.30 bits per heavy atom. The number of Topliss-reactive ketones (excluding diaryl/α,β-unsaturated/α-hetero) is 1. The minimum Gasteiger partial charge on any atom is -0.382 e. The van der Waals surface area contributed by atoms with Gasteiger partial charge in [-0.15, -0.1) is 0 Å². The van der Waals surface area contributed by atoms with Crippen molar-refractivity contribution in [2.75, 3.05) is 0 Å². The van der Waals surface area contributed by atoms with Crippen LogP contribution in [0.5, 0.6) is 0 Å². The van der Waals surface area contributed by atoms with Gasteiger partial charge < -0.3 is 5.11 Å². The molecule has 4 nitrogen and oxygen atoms in total. The zero-order valence-electron chi connectivity index (χ0n) is 16.9. The van der Waals surface area contributed by atoms with E-state index in [-0.39, 0.29) is 17.6 Å². The van der Waals surface area contributed by atoms with E-state index in [0.29, 0.717) is 26.2 Å². The predicted molar refractivity (Wildman–Crippen MR) is 103 cm³/mol. The SMILES string of the molecule is C=CC(/C(=C/CC)C(=O)CCCC)=C1/CC(F)(F)[C@@H](O)/C1=C(/C)S(=O)(=O)C(F)(F)F. The van der Waals surface area contributed by atoms with Gasteiger partial charge in [-0.25, -0.2) is 17.2 Å². The molecule has 170 valence electrons. The lowest BCUT2D eigenvalue weighted by Gasteiger charge is -2.18. The van der Waals surface area contributed by atoms with Crippen molar-refractivity contribution in [1.82, 2.24) is 0 Å². The average Bonchev–Trinajstić information content (AvgIpc) is 2.87. The number of alkyl halides is 5. The molecule has 1 N–H and O–H groups in total. The Labute approximate surface area is 172 Å². The molecule has 0 aromatic carbocycles. The normalized spacial score (nSPS) is 23.4. The molecule has 1 atom stereocenters. The summed E-state index contributed by atoms with van der Waals surface area (Å²) in [6.45, 7) is 7.51. The van der Waals surface area contributed by atoms with Crippen LogP contribution >= 0.6 is 0 Å². The van der Waals surface area contributed by atoms with Crippen molar-refractivity contribution >= 4 is 15.6 Å². The Kier molecular flexibility index (Phi) is 8.35. The zero-order valence-corrected chi connectivity index (χ0v) is 17.8. The molecular formula is C20H25F5O4S. The molecule has 30 heavy (non-hydrogen) atoms. The van der Waals surface area contributed by atoms with Gasteiger partial charge in [0.1, 0.15) is 6.10 Å². The van der Waals surface area contributed by atoms with Gasteiger partial charge in [-0.2, -0.15) is 13.2 Å². The highest BCUT2D eigenvalue weighted by Crippen LogP contribution is 2.48. The Morgan fingerprint density at radius 2 is 1.87 bits per heavy atom. The number of rotatable bonds is 8. The molecule has 1 rings (SSSR count). The summed E-state index contributed by atoms with van der Waals surface area (Å²) in [4.78, 5) is 11.2. The van der Waals surface area contributed by atoms with Crippen molar-refractivity contribution in [3.05, 3.63) is 45.9 Å². The zero-order chi connectivity index (χ0) is 23.5. The van der Waals surface area contributed by atoms with Crippen LogP contribution in [-0.2, 0) is 14.6 Å². The van der Waals surface area contributed by atoms with E-state index in [1.807, 2.05) is 6.92 Å². The summed E-state index contributed by atoms with van der Waals surface area (Å²) in [7, 11) is -5.98. The quantitative estimate of drug-likeness (QED) is 0.404. The van der Waals surface area contributed by atoms with E-state index in [0.717, 1.165) is 6.08 Å². The smallest absolute Gasteiger partial charge is 0.382 e. The summed E-state index contributed by atoms with van der Waals surface area (Å²) >= 11 is 0. The first kappa shape index (κ1) is 26.2. The van der Waals surface area contributed by atoms with Gasteiger partial charge in [0.2, 0.25) is 0 Å². The molecule has 0 saturated heterocycles. The van der Waals surface area contributed by atoms with Gasteiger partial charge in [0, 0.05) is 24.0 Å². The number of hydrogen-bond donors (Lipinski definition) is 1. The molecule has 1 fully saturated rings. The highest BCUT2D eigenvalue weighted by atomic mass is 32.2. The number of aliphatic hydroxyl groups is 1. The van der Waals surface area contributed by atoms with E-state index < -0.39 is 55.6 Å². The van der Waals surface area contributed by atoms with E-state index in [9.17, 15) is 40.3 Å². The molecule has 0 aliphatic heterocycles. The first-order valence-corrected chi connectivity index (χ1v) is 10.8. The fourth-order valence-corrected chi connectivity index (χ4v) is 4.08. The van der Waals surface area contributed by atoms with Crippen LogP contribution in [0, 0.1) is 0 Å². The van der Waals surface area contributed by atoms with E-state index >= 15 is 0 Å². The molecule has 0 heterocycles. The van der Waals surface area contributed by atoms with Crippen LogP contribution in [0.2, 0.25) is 0 Å². The van der Waals surface area contributed by atoms with Crippen LogP contribution in [0.15, 0.2) is 45.9 Å². The standard InChI is InChI=1S/C20H25F5O4S/c1-5-8-10-16(26)14(9-6-2)13(7-3)15-11-19(21,22)18(27)17(15)12(4)30(28,29)20(23,24)25/h7,9,18,27H,3,5-6,8,10-11H2,1-2,4H3/b14-9-,15-13+,17-12-/t18-/m0/s1. The average molecular weight is 456 g/mol. The Hall–Kier alpha value is -1.81. The monoisotopic (exact) mass is 456 g/mol. The first-order chi connectivity index (χ1) is 13.7. The number of unbranched alkanes of at least 4 members (excludes halogenated alkanes) is 1. The molecule has 10 heteroatoms. The summed E-state index contributed by atoms with van der Waals surface area (Å²) in [5.74, 6) is -4.34. The summed E-state index contributed by atoms with van der Waals surface area (Å²) in [6.07, 6.45) is 0.0305. The van der Waals surface area contributed by atoms with Crippen LogP contribution in [0.25, 0.3) is 0 Å². The number of aliphatic hydroxyl groups excluding tert-OH is 1. The predicted octanol–water partition coefficient (Wildman–Crippen LogP) is 5.17. The molecule has 0 radical (unpaired) electrons. The summed E-state index contributed by atoms with van der Waals surface area (Å²) in [5.41, 5.74) is -7.54.